The van der Waals surface area contributed by atoms with Crippen molar-refractivity contribution in [3.63, 3.8) is 0 Å². The Bertz CT molecular complexity index is 128. The Hall–Kier alpha value is 0.244. The third-order valence-corrected chi connectivity index (χ3v) is 1.11. The summed E-state index contributed by atoms with van der Waals surface area (Å²) in [4.78, 5) is 19.6. The number of hydrogen-bond donors (Lipinski definition) is 0. The maximum atomic E-state index is 10.3. The van der Waals surface area contributed by atoms with Crippen LogP contribution in [-0.4, -0.2) is 18.9 Å². The Labute approximate surface area is 134 Å². The number of hydrogen-bond acceptors (Lipinski definition) is 3. The van der Waals surface area contributed by atoms with Gasteiger partial charge in [0, 0.05) is 39.1 Å². The molecule has 105 valence electrons. The molecule has 0 aromatic heterocycles. The molecule has 0 amide bonds. The quantitative estimate of drug-likeness (QED) is 0.568. The van der Waals surface area contributed by atoms with Crippen LogP contribution in [0, 0.1) is 7.43 Å². The Morgan fingerprint density at radius 3 is 1.76 bits per heavy atom. The summed E-state index contributed by atoms with van der Waals surface area (Å²) in [5.41, 5.74) is 0. The summed E-state index contributed by atoms with van der Waals surface area (Å²) in [6.07, 6.45) is 4.67. The smallest absolute Gasteiger partial charge is 0.305 e. The summed E-state index contributed by atoms with van der Waals surface area (Å²) in [7, 11) is 0. The molecule has 17 heavy (non-hydrogen) atoms. The molecule has 0 heterocycles. The third-order valence-electron chi connectivity index (χ3n) is 1.11. The van der Waals surface area contributed by atoms with E-state index in [2.05, 4.69) is 0 Å². The first-order valence-corrected chi connectivity index (χ1v) is 4.73. The predicted molar refractivity (Wildman–Crippen MR) is 72.0 cm³/mol. The van der Waals surface area contributed by atoms with Crippen LogP contribution in [0.25, 0.3) is 0 Å². The maximum Gasteiger partial charge on any atom is 0.305 e. The number of ether oxygens (including phenoxy) is 1. The van der Waals surface area contributed by atoms with Gasteiger partial charge in [-0.15, -0.1) is 0 Å². The van der Waals surface area contributed by atoms with Gasteiger partial charge in [-0.25, -0.2) is 0 Å². The number of unbranched alkanes of at least 4 members (excludes halogenated alkanes) is 1. The molecule has 0 N–H and O–H groups in total. The second-order valence-electron chi connectivity index (χ2n) is 2.47. The molecule has 0 fully saturated rings. The number of esters is 1. The van der Waals surface area contributed by atoms with Gasteiger partial charge in [0.25, 0.3) is 0 Å². The average molecular weight is 323 g/mol. The summed E-state index contributed by atoms with van der Waals surface area (Å²) in [5.74, 6) is -0.105. The van der Waals surface area contributed by atoms with Crippen LogP contribution in [0.15, 0.2) is 0 Å². The van der Waals surface area contributed by atoms with Gasteiger partial charge in [0.1, 0.15) is 0 Å². The Kier molecular flexibility index (Phi) is 76.2. The van der Waals surface area contributed by atoms with Gasteiger partial charge in [-0.3, -0.25) is 11.1 Å². The molecule has 0 aliphatic rings. The van der Waals surface area contributed by atoms with Crippen molar-refractivity contribution in [2.24, 2.45) is 0 Å². The second kappa shape index (κ2) is 36.0. The van der Waals surface area contributed by atoms with Crippen molar-refractivity contribution in [1.29, 1.82) is 0 Å². The molecular weight excluding hydrogens is 293 g/mol. The minimum absolute atomic E-state index is 0. The van der Waals surface area contributed by atoms with Crippen molar-refractivity contribution in [1.82, 2.24) is 0 Å². The number of rotatable bonds is 5. The molecule has 0 spiro atoms. The topological polar surface area (TPSA) is 43.4 Å². The summed E-state index contributed by atoms with van der Waals surface area (Å²) in [6.45, 7) is 6.28. The zero-order chi connectivity index (χ0) is 10.5. The first-order chi connectivity index (χ1) is 6.22. The van der Waals surface area contributed by atoms with E-state index >= 15 is 0 Å². The molecule has 0 saturated heterocycles. The van der Waals surface area contributed by atoms with Crippen LogP contribution in [0.4, 0.5) is 0 Å². The van der Waals surface area contributed by atoms with Gasteiger partial charge in [0.2, 0.25) is 0 Å². The molecule has 0 saturated carbocycles. The van der Waals surface area contributed by atoms with Crippen LogP contribution < -0.4 is 0 Å². The minimum atomic E-state index is -0.105. The monoisotopic (exact) mass is 323 g/mol. The van der Waals surface area contributed by atoms with Gasteiger partial charge in [-0.1, -0.05) is 42.0 Å². The van der Waals surface area contributed by atoms with Crippen molar-refractivity contribution < 1.29 is 47.0 Å². The van der Waals surface area contributed by atoms with Crippen LogP contribution in [0.3, 0.4) is 0 Å². The zero-order valence-electron chi connectivity index (χ0n) is 10.3. The van der Waals surface area contributed by atoms with E-state index in [1.165, 1.54) is 0 Å². The van der Waals surface area contributed by atoms with Crippen LogP contribution in [0.1, 0.15) is 61.3 Å². The molecule has 0 atom stereocenters. The van der Waals surface area contributed by atoms with Crippen LogP contribution in [0.2, 0.25) is 0 Å². The van der Waals surface area contributed by atoms with E-state index in [1.807, 2.05) is 13.8 Å². The van der Waals surface area contributed by atoms with Crippen LogP contribution in [0.5, 0.6) is 0 Å². The van der Waals surface area contributed by atoms with Crippen molar-refractivity contribution >= 4 is 12.3 Å². The van der Waals surface area contributed by atoms with E-state index in [1.54, 1.807) is 13.2 Å². The molecular formula is C13H30O3Y-2. The standard InChI is InChI=1S/C6H12O2.C4H7O.2CH4.CH3.Y/c1-3-5-8-6(7)4-2;1-2-3-4-5;;;;/h3-5H2,1-2H3;2-3H2,1H3;2*1H4;1H3;/q;-1;;;-1;. The predicted octanol–water partition coefficient (Wildman–Crippen LogP) is 3.97. The summed E-state index contributed by atoms with van der Waals surface area (Å²) >= 11 is 0. The van der Waals surface area contributed by atoms with E-state index in [0.29, 0.717) is 19.4 Å². The average Bonchev–Trinajstić information content (AvgIpc) is 2.16. The van der Waals surface area contributed by atoms with Gasteiger partial charge >= 0.3 is 5.97 Å². The Morgan fingerprint density at radius 2 is 1.59 bits per heavy atom. The summed E-state index contributed by atoms with van der Waals surface area (Å²) < 4.78 is 4.70. The molecule has 0 unspecified atom stereocenters. The molecule has 1 radical (unpaired) electrons. The van der Waals surface area contributed by atoms with Crippen molar-refractivity contribution in [2.45, 2.75) is 61.3 Å². The van der Waals surface area contributed by atoms with Crippen LogP contribution in [-0.2, 0) is 47.0 Å². The number of carbonyl (C=O) groups is 1. The second-order valence-corrected chi connectivity index (χ2v) is 2.47. The SMILES string of the molecule is C.C.CCCOC(=O)CC.CCC[C-]=O.[CH3-].[Y]. The molecule has 0 aliphatic carbocycles. The molecule has 0 aromatic carbocycles. The van der Waals surface area contributed by atoms with E-state index in [9.17, 15) is 9.59 Å². The first-order valence-electron chi connectivity index (χ1n) is 4.73. The molecule has 0 rings (SSSR count). The van der Waals surface area contributed by atoms with Gasteiger partial charge < -0.3 is 17.0 Å². The molecule has 0 aliphatic heterocycles. The number of carbonyl (C=O) groups excluding carboxylic acids is 2. The van der Waals surface area contributed by atoms with E-state index in [-0.39, 0.29) is 61.0 Å². The van der Waals surface area contributed by atoms with Gasteiger partial charge in [0.05, 0.1) is 6.61 Å². The Morgan fingerprint density at radius 1 is 1.12 bits per heavy atom. The normalized spacial score (nSPS) is 6.29. The van der Waals surface area contributed by atoms with E-state index < -0.39 is 0 Å². The van der Waals surface area contributed by atoms with Gasteiger partial charge in [0.15, 0.2) is 0 Å². The molecule has 4 heteroatoms. The fraction of sp³-hybridized carbons (Fsp3) is 0.769. The molecule has 0 bridgehead atoms. The van der Waals surface area contributed by atoms with E-state index in [4.69, 9.17) is 4.74 Å². The fourth-order valence-corrected chi connectivity index (χ4v) is 0.420. The fourth-order valence-electron chi connectivity index (χ4n) is 0.420. The van der Waals surface area contributed by atoms with Crippen molar-refractivity contribution in [2.75, 3.05) is 6.61 Å². The van der Waals surface area contributed by atoms with Crippen molar-refractivity contribution in [3.8, 4) is 0 Å². The Balaban J connectivity index is -0.0000000306. The molecule has 3 nitrogen and oxygen atoms in total. The zero-order valence-corrected chi connectivity index (χ0v) is 13.2. The van der Waals surface area contributed by atoms with Gasteiger partial charge in [-0.2, -0.15) is 6.42 Å². The third kappa shape index (κ3) is 48.5. The molecule has 0 aromatic rings. The van der Waals surface area contributed by atoms with E-state index in [0.717, 1.165) is 12.8 Å². The minimum Gasteiger partial charge on any atom is -0.542 e. The summed E-state index contributed by atoms with van der Waals surface area (Å²) in [5, 5.41) is 0. The largest absolute Gasteiger partial charge is 0.542 e. The first kappa shape index (κ1) is 36.0. The summed E-state index contributed by atoms with van der Waals surface area (Å²) in [6, 6.07) is 0. The maximum absolute atomic E-state index is 10.3. The van der Waals surface area contributed by atoms with Crippen molar-refractivity contribution in [3.05, 3.63) is 7.43 Å². The van der Waals surface area contributed by atoms with Gasteiger partial charge in [-0.05, 0) is 6.42 Å². The van der Waals surface area contributed by atoms with Crippen LogP contribution >= 0.6 is 0 Å².